The van der Waals surface area contributed by atoms with Crippen LogP contribution < -0.4 is 0 Å². The highest BCUT2D eigenvalue weighted by molar-refractivity contribution is 5.27. The van der Waals surface area contributed by atoms with Gasteiger partial charge in [0.25, 0.3) is 0 Å². The average Bonchev–Trinajstić information content (AvgIpc) is 3.09. The van der Waals surface area contributed by atoms with E-state index in [9.17, 15) is 5.11 Å². The Morgan fingerprint density at radius 2 is 1.73 bits per heavy atom. The summed E-state index contributed by atoms with van der Waals surface area (Å²) >= 11 is 0. The summed E-state index contributed by atoms with van der Waals surface area (Å²) in [5.41, 5.74) is 3.09. The molecule has 30 heavy (non-hydrogen) atoms. The molecule has 4 aliphatic carbocycles. The van der Waals surface area contributed by atoms with E-state index < -0.39 is 0 Å². The Balaban J connectivity index is 1.42. The van der Waals surface area contributed by atoms with Gasteiger partial charge in [-0.3, -0.25) is 0 Å². The highest BCUT2D eigenvalue weighted by atomic mass is 16.3. The van der Waals surface area contributed by atoms with Crippen LogP contribution >= 0.6 is 0 Å². The number of rotatable bonds is 7. The molecule has 0 bridgehead atoms. The lowest BCUT2D eigenvalue weighted by molar-refractivity contribution is -0.00815. The molecule has 0 heterocycles. The molecule has 0 saturated heterocycles. The molecule has 0 amide bonds. The van der Waals surface area contributed by atoms with Crippen LogP contribution in [0.2, 0.25) is 0 Å². The first kappa shape index (κ1) is 22.9. The van der Waals surface area contributed by atoms with E-state index in [2.05, 4.69) is 40.7 Å². The summed E-state index contributed by atoms with van der Waals surface area (Å²) in [6.07, 6.45) is 20.6. The van der Waals surface area contributed by atoms with E-state index in [0.29, 0.717) is 16.7 Å². The molecule has 1 N–H and O–H groups in total. The van der Waals surface area contributed by atoms with Crippen LogP contribution in [0.15, 0.2) is 11.6 Å². The molecule has 3 saturated carbocycles. The van der Waals surface area contributed by atoms with Gasteiger partial charge in [0.1, 0.15) is 0 Å². The molecule has 3 fully saturated rings. The van der Waals surface area contributed by atoms with Gasteiger partial charge in [-0.25, -0.2) is 0 Å². The van der Waals surface area contributed by atoms with Gasteiger partial charge in [0.15, 0.2) is 0 Å². The second-order valence-electron chi connectivity index (χ2n) is 12.6. The van der Waals surface area contributed by atoms with Crippen LogP contribution in [-0.2, 0) is 0 Å². The largest absolute Gasteiger partial charge is 0.393 e. The van der Waals surface area contributed by atoms with Gasteiger partial charge < -0.3 is 5.11 Å². The SMILES string of the molecule is CCC(O)C(C)CCCC(C)[C@H]1CC[C@H]2C3=CCC4CCCC[C@]4(C)[C@H]3CC[C@]12C. The average molecular weight is 415 g/mol. The second kappa shape index (κ2) is 8.92. The smallest absolute Gasteiger partial charge is 0.0563 e. The molecule has 172 valence electrons. The Morgan fingerprint density at radius 1 is 0.967 bits per heavy atom. The predicted molar refractivity (Wildman–Crippen MR) is 128 cm³/mol. The Hall–Kier alpha value is -0.300. The normalized spacial score (nSPS) is 43.7. The first-order valence-corrected chi connectivity index (χ1v) is 13.7. The van der Waals surface area contributed by atoms with Crippen molar-refractivity contribution in [3.63, 3.8) is 0 Å². The van der Waals surface area contributed by atoms with Crippen molar-refractivity contribution < 1.29 is 5.11 Å². The van der Waals surface area contributed by atoms with E-state index >= 15 is 0 Å². The molecule has 9 atom stereocenters. The monoisotopic (exact) mass is 414 g/mol. The van der Waals surface area contributed by atoms with E-state index in [1.807, 2.05) is 5.57 Å². The molecule has 1 heteroatoms. The van der Waals surface area contributed by atoms with Gasteiger partial charge in [0.2, 0.25) is 0 Å². The van der Waals surface area contributed by atoms with Crippen molar-refractivity contribution in [2.24, 2.45) is 46.3 Å². The summed E-state index contributed by atoms with van der Waals surface area (Å²) in [5, 5.41) is 10.1. The Labute approximate surface area is 187 Å². The molecule has 0 aromatic heterocycles. The lowest BCUT2D eigenvalue weighted by atomic mass is 9.48. The number of fused-ring (bicyclic) bond motifs is 5. The summed E-state index contributed by atoms with van der Waals surface area (Å²) in [5.74, 6) is 4.96. The number of aliphatic hydroxyl groups is 1. The molecule has 0 aliphatic heterocycles. The molecule has 1 nitrogen and oxygen atoms in total. The fourth-order valence-corrected chi connectivity index (χ4v) is 9.08. The molecule has 4 unspecified atom stereocenters. The van der Waals surface area contributed by atoms with Crippen molar-refractivity contribution >= 4 is 0 Å². The van der Waals surface area contributed by atoms with Crippen LogP contribution in [0.25, 0.3) is 0 Å². The van der Waals surface area contributed by atoms with Crippen LogP contribution in [0.3, 0.4) is 0 Å². The van der Waals surface area contributed by atoms with Gasteiger partial charge in [0, 0.05) is 0 Å². The van der Waals surface area contributed by atoms with Crippen molar-refractivity contribution in [2.45, 2.75) is 124 Å². The van der Waals surface area contributed by atoms with Crippen LogP contribution in [0.5, 0.6) is 0 Å². The van der Waals surface area contributed by atoms with E-state index in [1.54, 1.807) is 0 Å². The number of hydrogen-bond donors (Lipinski definition) is 1. The number of aliphatic hydroxyl groups excluding tert-OH is 1. The molecule has 0 radical (unpaired) electrons. The summed E-state index contributed by atoms with van der Waals surface area (Å²) in [7, 11) is 0. The summed E-state index contributed by atoms with van der Waals surface area (Å²) in [6, 6.07) is 0. The Bertz CT molecular complexity index is 622. The maximum Gasteiger partial charge on any atom is 0.0563 e. The zero-order valence-electron chi connectivity index (χ0n) is 20.8. The van der Waals surface area contributed by atoms with Gasteiger partial charge in [-0.15, -0.1) is 0 Å². The lowest BCUT2D eigenvalue weighted by Gasteiger charge is -2.57. The van der Waals surface area contributed by atoms with Crippen molar-refractivity contribution in [2.75, 3.05) is 0 Å². The molecule has 4 aliphatic rings. The highest BCUT2D eigenvalue weighted by Gasteiger charge is 2.57. The minimum Gasteiger partial charge on any atom is -0.393 e. The fraction of sp³-hybridized carbons (Fsp3) is 0.931. The van der Waals surface area contributed by atoms with Crippen LogP contribution in [0, 0.1) is 46.3 Å². The first-order valence-electron chi connectivity index (χ1n) is 13.7. The zero-order chi connectivity index (χ0) is 21.5. The topological polar surface area (TPSA) is 20.2 Å². The van der Waals surface area contributed by atoms with Crippen molar-refractivity contribution in [1.82, 2.24) is 0 Å². The second-order valence-corrected chi connectivity index (χ2v) is 12.6. The zero-order valence-corrected chi connectivity index (χ0v) is 20.8. The summed E-state index contributed by atoms with van der Waals surface area (Å²) < 4.78 is 0. The first-order chi connectivity index (χ1) is 14.3. The van der Waals surface area contributed by atoms with Crippen LogP contribution in [0.4, 0.5) is 0 Å². The van der Waals surface area contributed by atoms with Gasteiger partial charge in [-0.05, 0) is 104 Å². The van der Waals surface area contributed by atoms with Gasteiger partial charge >= 0.3 is 0 Å². The Kier molecular flexibility index (Phi) is 6.80. The molecular weight excluding hydrogens is 364 g/mol. The van der Waals surface area contributed by atoms with Gasteiger partial charge in [-0.1, -0.05) is 72.0 Å². The van der Waals surface area contributed by atoms with Gasteiger partial charge in [-0.2, -0.15) is 0 Å². The third-order valence-electron chi connectivity index (χ3n) is 11.2. The standard InChI is InChI=1S/C29H50O/c1-6-27(30)21(3)11-9-10-20(2)24-15-16-25-23-14-13-22-12-7-8-18-28(22,4)26(23)17-19-29(24,25)5/h14,20-22,24-27,30H,6-13,15-19H2,1-5H3/t20?,21?,22?,24-,25+,26+,27?,28+,29-/m1/s1. The third-order valence-corrected chi connectivity index (χ3v) is 11.2. The fourth-order valence-electron chi connectivity index (χ4n) is 9.08. The molecule has 0 aromatic carbocycles. The minimum atomic E-state index is -0.104. The van der Waals surface area contributed by atoms with Gasteiger partial charge in [0.05, 0.1) is 6.10 Å². The van der Waals surface area contributed by atoms with Crippen LogP contribution in [-0.4, -0.2) is 11.2 Å². The third kappa shape index (κ3) is 3.84. The van der Waals surface area contributed by atoms with E-state index in [0.717, 1.165) is 36.0 Å². The lowest BCUT2D eigenvalue weighted by Crippen LogP contribution is -2.48. The summed E-state index contributed by atoms with van der Waals surface area (Å²) in [6.45, 7) is 12.3. The van der Waals surface area contributed by atoms with E-state index in [4.69, 9.17) is 0 Å². The molecular formula is C29H50O. The Morgan fingerprint density at radius 3 is 2.50 bits per heavy atom. The molecule has 0 aromatic rings. The quantitative estimate of drug-likeness (QED) is 0.416. The van der Waals surface area contributed by atoms with Crippen molar-refractivity contribution in [3.05, 3.63) is 11.6 Å². The van der Waals surface area contributed by atoms with Crippen molar-refractivity contribution in [1.29, 1.82) is 0 Å². The van der Waals surface area contributed by atoms with Crippen molar-refractivity contribution in [3.8, 4) is 0 Å². The highest BCUT2D eigenvalue weighted by Crippen LogP contribution is 2.66. The summed E-state index contributed by atoms with van der Waals surface area (Å²) in [4.78, 5) is 0. The minimum absolute atomic E-state index is 0.104. The number of hydrogen-bond acceptors (Lipinski definition) is 1. The molecule has 4 rings (SSSR count). The van der Waals surface area contributed by atoms with E-state index in [1.165, 1.54) is 77.0 Å². The number of allylic oxidation sites excluding steroid dienone is 2. The maximum atomic E-state index is 10.1. The predicted octanol–water partition coefficient (Wildman–Crippen LogP) is 8.17. The van der Waals surface area contributed by atoms with Crippen LogP contribution in [0.1, 0.15) is 118 Å². The van der Waals surface area contributed by atoms with E-state index in [-0.39, 0.29) is 6.10 Å². The maximum absolute atomic E-state index is 10.1. The molecule has 0 spiro atoms.